The van der Waals surface area contributed by atoms with Crippen LogP contribution in [0.2, 0.25) is 0 Å². The molecule has 3 aromatic rings. The number of benzene rings is 3. The first-order valence-electron chi connectivity index (χ1n) is 14.3. The van der Waals surface area contributed by atoms with Gasteiger partial charge in [-0.25, -0.2) is 8.42 Å². The Bertz CT molecular complexity index is 1420. The van der Waals surface area contributed by atoms with Gasteiger partial charge in [-0.05, 0) is 69.4 Å². The van der Waals surface area contributed by atoms with Crippen molar-refractivity contribution in [3.63, 3.8) is 0 Å². The molecule has 0 aliphatic carbocycles. The van der Waals surface area contributed by atoms with Crippen molar-refractivity contribution >= 4 is 27.5 Å². The van der Waals surface area contributed by atoms with Gasteiger partial charge in [0.1, 0.15) is 12.6 Å². The molecule has 0 spiro atoms. The number of hydrogen-bond acceptors (Lipinski definition) is 4. The Labute approximate surface area is 245 Å². The van der Waals surface area contributed by atoms with Crippen LogP contribution in [0.1, 0.15) is 62.8 Å². The number of para-hydroxylation sites is 1. The molecule has 220 valence electrons. The van der Waals surface area contributed by atoms with Crippen molar-refractivity contribution in [3.8, 4) is 0 Å². The van der Waals surface area contributed by atoms with Crippen LogP contribution in [0.25, 0.3) is 0 Å². The van der Waals surface area contributed by atoms with E-state index in [1.54, 1.807) is 36.4 Å². The highest BCUT2D eigenvalue weighted by molar-refractivity contribution is 7.92. The molecule has 8 heteroatoms. The average molecular weight is 578 g/mol. The van der Waals surface area contributed by atoms with Crippen LogP contribution < -0.4 is 9.62 Å². The number of carbonyl (C=O) groups is 2. The Balaban J connectivity index is 2.09. The number of nitrogens with zero attached hydrogens (tertiary/aromatic N) is 2. The molecule has 0 heterocycles. The van der Waals surface area contributed by atoms with Gasteiger partial charge in [0.05, 0.1) is 10.6 Å². The molecule has 1 N–H and O–H groups in total. The normalized spacial score (nSPS) is 12.8. The van der Waals surface area contributed by atoms with Crippen molar-refractivity contribution in [1.29, 1.82) is 0 Å². The Hall–Kier alpha value is -3.65. The van der Waals surface area contributed by atoms with Crippen LogP contribution in [0, 0.1) is 13.8 Å². The first-order chi connectivity index (χ1) is 19.5. The lowest BCUT2D eigenvalue weighted by Gasteiger charge is -2.34. The van der Waals surface area contributed by atoms with Crippen LogP contribution >= 0.6 is 0 Å². The molecule has 2 amide bonds. The molecular weight excluding hydrogens is 534 g/mol. The molecule has 41 heavy (non-hydrogen) atoms. The van der Waals surface area contributed by atoms with E-state index in [-0.39, 0.29) is 23.4 Å². The third-order valence-electron chi connectivity index (χ3n) is 7.39. The summed E-state index contributed by atoms with van der Waals surface area (Å²) in [5, 5.41) is 3.01. The third kappa shape index (κ3) is 7.97. The zero-order valence-corrected chi connectivity index (χ0v) is 25.9. The molecule has 0 radical (unpaired) electrons. The molecule has 0 bridgehead atoms. The molecule has 3 rings (SSSR count). The van der Waals surface area contributed by atoms with Crippen molar-refractivity contribution in [2.45, 2.75) is 84.3 Å². The number of sulfonamides is 1. The van der Waals surface area contributed by atoms with Crippen molar-refractivity contribution < 1.29 is 18.0 Å². The minimum absolute atomic E-state index is 0.0530. The summed E-state index contributed by atoms with van der Waals surface area (Å²) >= 11 is 0. The van der Waals surface area contributed by atoms with E-state index in [0.29, 0.717) is 18.5 Å². The summed E-state index contributed by atoms with van der Waals surface area (Å²) in [7, 11) is -4.10. The molecule has 7 nitrogen and oxygen atoms in total. The van der Waals surface area contributed by atoms with Gasteiger partial charge in [0.25, 0.3) is 10.0 Å². The van der Waals surface area contributed by atoms with Crippen molar-refractivity contribution in [1.82, 2.24) is 10.2 Å². The molecule has 2 atom stereocenters. The van der Waals surface area contributed by atoms with Crippen molar-refractivity contribution in [2.24, 2.45) is 0 Å². The van der Waals surface area contributed by atoms with E-state index in [1.807, 2.05) is 77.9 Å². The molecule has 0 aromatic heterocycles. The Morgan fingerprint density at radius 3 is 1.98 bits per heavy atom. The van der Waals surface area contributed by atoms with Crippen molar-refractivity contribution in [3.05, 3.63) is 95.1 Å². The van der Waals surface area contributed by atoms with Gasteiger partial charge in [-0.15, -0.1) is 0 Å². The van der Waals surface area contributed by atoms with Crippen LogP contribution in [0.5, 0.6) is 0 Å². The topological polar surface area (TPSA) is 86.8 Å². The molecular formula is C33H43N3O4S. The van der Waals surface area contributed by atoms with E-state index in [1.165, 1.54) is 9.21 Å². The van der Waals surface area contributed by atoms with E-state index < -0.39 is 28.5 Å². The zero-order valence-electron chi connectivity index (χ0n) is 25.1. The highest BCUT2D eigenvalue weighted by Crippen LogP contribution is 2.28. The van der Waals surface area contributed by atoms with Gasteiger partial charge < -0.3 is 10.2 Å². The monoisotopic (exact) mass is 577 g/mol. The molecule has 0 fully saturated rings. The largest absolute Gasteiger partial charge is 0.352 e. The number of rotatable bonds is 13. The summed E-state index contributed by atoms with van der Waals surface area (Å²) in [6.07, 6.45) is 1.73. The fourth-order valence-corrected chi connectivity index (χ4v) is 6.11. The first kappa shape index (κ1) is 31.9. The Kier molecular flexibility index (Phi) is 11.1. The highest BCUT2D eigenvalue weighted by Gasteiger charge is 2.34. The molecule has 0 aliphatic heterocycles. The Morgan fingerprint density at radius 2 is 1.41 bits per heavy atom. The third-order valence-corrected chi connectivity index (χ3v) is 9.16. The van der Waals surface area contributed by atoms with E-state index in [9.17, 15) is 18.0 Å². The van der Waals surface area contributed by atoms with Crippen molar-refractivity contribution in [2.75, 3.05) is 10.8 Å². The van der Waals surface area contributed by atoms with E-state index in [4.69, 9.17) is 0 Å². The minimum atomic E-state index is -4.10. The number of hydrogen-bond donors (Lipinski definition) is 1. The maximum atomic E-state index is 14.2. The molecule has 3 aromatic carbocycles. The number of carbonyl (C=O) groups excluding carboxylic acids is 2. The van der Waals surface area contributed by atoms with Gasteiger partial charge in [0, 0.05) is 12.6 Å². The number of nitrogens with one attached hydrogen (secondary N) is 1. The van der Waals surface area contributed by atoms with Gasteiger partial charge >= 0.3 is 0 Å². The summed E-state index contributed by atoms with van der Waals surface area (Å²) in [6, 6.07) is 20.8. The van der Waals surface area contributed by atoms with Gasteiger partial charge in [0.15, 0.2) is 0 Å². The van der Waals surface area contributed by atoms with Gasteiger partial charge in [0.2, 0.25) is 11.8 Å². The highest BCUT2D eigenvalue weighted by atomic mass is 32.2. The number of amides is 2. The predicted octanol–water partition coefficient (Wildman–Crippen LogP) is 5.78. The van der Waals surface area contributed by atoms with E-state index in [0.717, 1.165) is 28.7 Å². The predicted molar refractivity (Wildman–Crippen MR) is 165 cm³/mol. The smallest absolute Gasteiger partial charge is 0.264 e. The maximum absolute atomic E-state index is 14.2. The molecule has 0 saturated carbocycles. The summed E-state index contributed by atoms with van der Waals surface area (Å²) in [6.45, 7) is 11.3. The lowest BCUT2D eigenvalue weighted by atomic mass is 10.1. The summed E-state index contributed by atoms with van der Waals surface area (Å²) in [5.74, 6) is -0.692. The van der Waals surface area contributed by atoms with Gasteiger partial charge in [-0.3, -0.25) is 13.9 Å². The average Bonchev–Trinajstić information content (AvgIpc) is 2.96. The first-order valence-corrected chi connectivity index (χ1v) is 15.8. The number of aryl methyl sites for hydroxylation is 3. The van der Waals surface area contributed by atoms with Crippen LogP contribution in [-0.2, 0) is 32.6 Å². The fourth-order valence-electron chi connectivity index (χ4n) is 4.65. The van der Waals surface area contributed by atoms with Crippen LogP contribution in [0.3, 0.4) is 0 Å². The quantitative estimate of drug-likeness (QED) is 0.279. The second-order valence-electron chi connectivity index (χ2n) is 10.6. The lowest BCUT2D eigenvalue weighted by Crippen LogP contribution is -2.53. The molecule has 0 saturated heterocycles. The second kappa shape index (κ2) is 14.3. The van der Waals surface area contributed by atoms with Gasteiger partial charge in [-0.2, -0.15) is 0 Å². The standard InChI is InChI=1S/C33H43N3O4S/c1-7-26(6)34-33(38)30(9-3)35(22-27-18-14-24(4)15-19-27)32(37)23-36(31-13-11-10-12-28(31)8-2)41(39,40)29-20-16-25(5)17-21-29/h10-21,26,30H,7-9,22-23H2,1-6H3,(H,34,38). The lowest BCUT2D eigenvalue weighted by molar-refractivity contribution is -0.140. The van der Waals surface area contributed by atoms with Gasteiger partial charge in [-0.1, -0.05) is 86.5 Å². The fraction of sp³-hybridized carbons (Fsp3) is 0.394. The van der Waals surface area contributed by atoms with Crippen LogP contribution in [0.4, 0.5) is 5.69 Å². The maximum Gasteiger partial charge on any atom is 0.264 e. The minimum Gasteiger partial charge on any atom is -0.352 e. The summed E-state index contributed by atoms with van der Waals surface area (Å²) in [4.78, 5) is 29.3. The van der Waals surface area contributed by atoms with Crippen LogP contribution in [0.15, 0.2) is 77.7 Å². The summed E-state index contributed by atoms with van der Waals surface area (Å²) < 4.78 is 29.4. The summed E-state index contributed by atoms with van der Waals surface area (Å²) in [5.41, 5.74) is 4.14. The zero-order chi connectivity index (χ0) is 30.2. The second-order valence-corrected chi connectivity index (χ2v) is 12.4. The van der Waals surface area contributed by atoms with Crippen LogP contribution in [-0.4, -0.2) is 43.8 Å². The number of anilines is 1. The SMILES string of the molecule is CCc1ccccc1N(CC(=O)N(Cc1ccc(C)cc1)C(CC)C(=O)NC(C)CC)S(=O)(=O)c1ccc(C)cc1. The molecule has 0 aliphatic rings. The van der Waals surface area contributed by atoms with E-state index in [2.05, 4.69) is 5.32 Å². The molecule has 2 unspecified atom stereocenters. The van der Waals surface area contributed by atoms with E-state index >= 15 is 0 Å². The Morgan fingerprint density at radius 1 is 0.829 bits per heavy atom.